The molecule has 1 fully saturated rings. The Morgan fingerprint density at radius 1 is 1.24 bits per heavy atom. The minimum absolute atomic E-state index is 0. The van der Waals surface area contributed by atoms with Crippen LogP contribution in [0.1, 0.15) is 29.3 Å². The van der Waals surface area contributed by atoms with Gasteiger partial charge in [0.25, 0.3) is 0 Å². The molecule has 0 spiro atoms. The predicted molar refractivity (Wildman–Crippen MR) is 136 cm³/mol. The molecule has 10 heteroatoms. The number of carbonyl (C=O) groups is 1. The highest BCUT2D eigenvalue weighted by atomic mass is 35.5. The molecular formula is C24H25Cl3FN5O. The molecule has 1 N–H and O–H groups in total. The number of aromatic nitrogens is 2. The van der Waals surface area contributed by atoms with Gasteiger partial charge in [-0.1, -0.05) is 29.8 Å². The van der Waals surface area contributed by atoms with Crippen molar-refractivity contribution in [3.8, 4) is 6.07 Å². The molecule has 1 aliphatic heterocycles. The van der Waals surface area contributed by atoms with E-state index in [1.165, 1.54) is 0 Å². The van der Waals surface area contributed by atoms with Crippen LogP contribution >= 0.6 is 36.4 Å². The number of alkyl halides is 1. The summed E-state index contributed by atoms with van der Waals surface area (Å²) in [4.78, 5) is 24.2. The number of imidazole rings is 1. The lowest BCUT2D eigenvalue weighted by Crippen LogP contribution is -2.57. The molecule has 0 radical (unpaired) electrons. The number of amides is 1. The molecular weight excluding hydrogens is 500 g/mol. The van der Waals surface area contributed by atoms with Crippen LogP contribution in [0.15, 0.2) is 61.1 Å². The van der Waals surface area contributed by atoms with Crippen LogP contribution in [0.2, 0.25) is 5.02 Å². The number of benzene rings is 2. The Morgan fingerprint density at radius 2 is 2.00 bits per heavy atom. The number of carbonyl (C=O) groups excluding carboxylic acids is 1. The summed E-state index contributed by atoms with van der Waals surface area (Å²) in [6, 6.07) is 16.3. The van der Waals surface area contributed by atoms with Crippen molar-refractivity contribution in [1.29, 1.82) is 5.26 Å². The van der Waals surface area contributed by atoms with Gasteiger partial charge >= 0.3 is 0 Å². The molecule has 34 heavy (non-hydrogen) atoms. The molecule has 1 amide bonds. The van der Waals surface area contributed by atoms with Gasteiger partial charge in [-0.25, -0.2) is 4.98 Å². The molecule has 2 heterocycles. The molecule has 2 atom stereocenters. The smallest absolute Gasteiger partial charge is 0.241 e. The first-order valence-electron chi connectivity index (χ1n) is 10.4. The van der Waals surface area contributed by atoms with Crippen LogP contribution in [0, 0.1) is 11.3 Å². The zero-order valence-electron chi connectivity index (χ0n) is 18.2. The normalized spacial score (nSPS) is 16.8. The lowest BCUT2D eigenvalue weighted by molar-refractivity contribution is -0.123. The first-order chi connectivity index (χ1) is 15.6. The molecule has 2 aromatic carbocycles. The molecule has 4 rings (SSSR count). The van der Waals surface area contributed by atoms with E-state index in [4.69, 9.17) is 16.9 Å². The highest BCUT2D eigenvalue weighted by Gasteiger charge is 2.37. The molecule has 0 saturated carbocycles. The first-order valence-corrected chi connectivity index (χ1v) is 10.8. The molecule has 1 unspecified atom stereocenters. The van der Waals surface area contributed by atoms with Crippen LogP contribution in [-0.2, 0) is 11.2 Å². The fourth-order valence-corrected chi connectivity index (χ4v) is 4.41. The van der Waals surface area contributed by atoms with Crippen LogP contribution in [-0.4, -0.2) is 46.6 Å². The lowest BCUT2D eigenvalue weighted by atomic mass is 9.97. The van der Waals surface area contributed by atoms with E-state index in [-0.39, 0.29) is 49.3 Å². The topological polar surface area (TPSA) is 76.0 Å². The van der Waals surface area contributed by atoms with Gasteiger partial charge in [0.05, 0.1) is 42.9 Å². The highest BCUT2D eigenvalue weighted by molar-refractivity contribution is 6.30. The Bertz CT molecular complexity index is 1100. The van der Waals surface area contributed by atoms with Gasteiger partial charge in [0.2, 0.25) is 5.91 Å². The van der Waals surface area contributed by atoms with Crippen LogP contribution in [0.3, 0.4) is 0 Å². The second-order valence-electron chi connectivity index (χ2n) is 7.82. The standard InChI is InChI=1S/C24H23ClFN5O.2ClH/c25-19-2-1-3-20(11-19)31-14-21(8-9-26)30(15-24(31)32)23(22-13-28-16-29-22)10-17-4-6-18(12-27)7-5-17;;/h1-7,11,13,16,21,23H,8-10,14-15H2,(H,28,29);2*1H/t21-,23?;;/m0../s1. The summed E-state index contributed by atoms with van der Waals surface area (Å²) in [7, 11) is 0. The number of nitriles is 1. The van der Waals surface area contributed by atoms with E-state index in [0.717, 1.165) is 16.9 Å². The van der Waals surface area contributed by atoms with Gasteiger partial charge in [0, 0.05) is 29.5 Å². The second-order valence-corrected chi connectivity index (χ2v) is 8.26. The zero-order valence-corrected chi connectivity index (χ0v) is 20.6. The number of nitrogens with one attached hydrogen (secondary N) is 1. The predicted octanol–water partition coefficient (Wildman–Crippen LogP) is 5.14. The Hall–Kier alpha value is -2.63. The van der Waals surface area contributed by atoms with Crippen molar-refractivity contribution in [2.75, 3.05) is 24.7 Å². The third kappa shape index (κ3) is 6.28. The fraction of sp³-hybridized carbons (Fsp3) is 0.292. The number of anilines is 1. The third-order valence-corrected chi connectivity index (χ3v) is 6.07. The number of aromatic amines is 1. The third-order valence-electron chi connectivity index (χ3n) is 5.83. The zero-order chi connectivity index (χ0) is 22.5. The summed E-state index contributed by atoms with van der Waals surface area (Å²) in [6.07, 6.45) is 4.26. The summed E-state index contributed by atoms with van der Waals surface area (Å²) in [5.41, 5.74) is 3.19. The van der Waals surface area contributed by atoms with Crippen LogP contribution in [0.5, 0.6) is 0 Å². The highest BCUT2D eigenvalue weighted by Crippen LogP contribution is 2.32. The van der Waals surface area contributed by atoms with E-state index in [0.29, 0.717) is 30.0 Å². The van der Waals surface area contributed by atoms with E-state index < -0.39 is 6.67 Å². The Labute approximate surface area is 215 Å². The van der Waals surface area contributed by atoms with Crippen molar-refractivity contribution >= 4 is 48.0 Å². The maximum absolute atomic E-state index is 13.6. The molecule has 1 aromatic heterocycles. The van der Waals surface area contributed by atoms with Crippen molar-refractivity contribution < 1.29 is 9.18 Å². The SMILES string of the molecule is Cl.Cl.N#Cc1ccc(CC(c2cnc[nH]2)N2CC(=O)N(c3cccc(Cl)c3)C[C@@H]2CCF)cc1. The number of halogens is 4. The van der Waals surface area contributed by atoms with Gasteiger partial charge in [-0.05, 0) is 48.7 Å². The second kappa shape index (κ2) is 12.7. The van der Waals surface area contributed by atoms with Crippen LogP contribution in [0.25, 0.3) is 0 Å². The molecule has 0 aliphatic carbocycles. The van der Waals surface area contributed by atoms with Crippen molar-refractivity contribution in [2.45, 2.75) is 24.9 Å². The number of rotatable bonds is 7. The van der Waals surface area contributed by atoms with Crippen molar-refractivity contribution in [3.05, 3.63) is 82.9 Å². The minimum atomic E-state index is -0.481. The quantitative estimate of drug-likeness (QED) is 0.464. The van der Waals surface area contributed by atoms with Crippen molar-refractivity contribution in [2.24, 2.45) is 0 Å². The van der Waals surface area contributed by atoms with Crippen molar-refractivity contribution in [1.82, 2.24) is 14.9 Å². The summed E-state index contributed by atoms with van der Waals surface area (Å²) >= 11 is 6.13. The Kier molecular flexibility index (Phi) is 10.3. The summed E-state index contributed by atoms with van der Waals surface area (Å²) in [5, 5.41) is 9.62. The summed E-state index contributed by atoms with van der Waals surface area (Å²) in [6.45, 7) is 0.0452. The average molecular weight is 525 g/mol. The van der Waals surface area contributed by atoms with Crippen LogP contribution < -0.4 is 4.90 Å². The van der Waals surface area contributed by atoms with Gasteiger partial charge in [0.15, 0.2) is 0 Å². The Morgan fingerprint density at radius 3 is 2.62 bits per heavy atom. The van der Waals surface area contributed by atoms with E-state index in [9.17, 15) is 9.18 Å². The largest absolute Gasteiger partial charge is 0.347 e. The van der Waals surface area contributed by atoms with E-state index in [2.05, 4.69) is 20.9 Å². The maximum Gasteiger partial charge on any atom is 0.241 e. The van der Waals surface area contributed by atoms with Gasteiger partial charge in [0.1, 0.15) is 0 Å². The molecule has 6 nitrogen and oxygen atoms in total. The number of hydrogen-bond acceptors (Lipinski definition) is 4. The van der Waals surface area contributed by atoms with E-state index in [1.807, 2.05) is 18.2 Å². The maximum atomic E-state index is 13.6. The lowest BCUT2D eigenvalue weighted by Gasteiger charge is -2.44. The van der Waals surface area contributed by atoms with Gasteiger partial charge in [-0.3, -0.25) is 14.1 Å². The van der Waals surface area contributed by atoms with Crippen LogP contribution in [0.4, 0.5) is 10.1 Å². The monoisotopic (exact) mass is 523 g/mol. The minimum Gasteiger partial charge on any atom is -0.347 e. The Balaban J connectivity index is 0.00000204. The van der Waals surface area contributed by atoms with Gasteiger partial charge in [-0.2, -0.15) is 5.26 Å². The average Bonchev–Trinajstić information content (AvgIpc) is 3.34. The number of piperazine rings is 1. The molecule has 1 saturated heterocycles. The fourth-order valence-electron chi connectivity index (χ4n) is 4.22. The van der Waals surface area contributed by atoms with E-state index >= 15 is 0 Å². The van der Waals surface area contributed by atoms with Crippen molar-refractivity contribution in [3.63, 3.8) is 0 Å². The van der Waals surface area contributed by atoms with Gasteiger partial charge < -0.3 is 9.88 Å². The molecule has 0 bridgehead atoms. The molecule has 1 aliphatic rings. The number of hydrogen-bond donors (Lipinski definition) is 1. The summed E-state index contributed by atoms with van der Waals surface area (Å²) < 4.78 is 13.6. The summed E-state index contributed by atoms with van der Waals surface area (Å²) in [5.74, 6) is -0.0632. The molecule has 180 valence electrons. The first kappa shape index (κ1) is 27.6. The number of H-pyrrole nitrogens is 1. The van der Waals surface area contributed by atoms with E-state index in [1.54, 1.807) is 47.8 Å². The number of nitrogens with zero attached hydrogens (tertiary/aromatic N) is 4. The van der Waals surface area contributed by atoms with Gasteiger partial charge in [-0.15, -0.1) is 24.8 Å². The molecule has 3 aromatic rings.